The fourth-order valence-electron chi connectivity index (χ4n) is 8.85. The molecule has 268 valence electrons. The second-order valence-electron chi connectivity index (χ2n) is 15.1. The maximum absolute atomic E-state index is 6.36. The van der Waals surface area contributed by atoms with Gasteiger partial charge >= 0.3 is 0 Å². The molecule has 0 aliphatic heterocycles. The lowest BCUT2D eigenvalue weighted by Crippen LogP contribution is -2.22. The van der Waals surface area contributed by atoms with Gasteiger partial charge in [0, 0.05) is 38.4 Å². The summed E-state index contributed by atoms with van der Waals surface area (Å²) >= 11 is 0. The van der Waals surface area contributed by atoms with E-state index in [1.165, 1.54) is 38.9 Å². The molecule has 0 N–H and O–H groups in total. The van der Waals surface area contributed by atoms with Crippen LogP contribution in [0.5, 0.6) is 0 Å². The lowest BCUT2D eigenvalue weighted by atomic mass is 9.74. The predicted octanol–water partition coefficient (Wildman–Crippen LogP) is 14.0. The SMILES string of the molecule is CC1(c2ccccc2)c2ccccc2-c2cc(-c3ccc(-c4cc(-c5ccc(-c6cccc7c6oc6ccccc67)cc5)nc(-c5ccccc5)n4)cc3)ccc21. The Labute approximate surface area is 331 Å². The number of furan rings is 1. The van der Waals surface area contributed by atoms with Crippen molar-refractivity contribution in [2.45, 2.75) is 12.3 Å². The third kappa shape index (κ3) is 5.43. The molecule has 2 aromatic heterocycles. The quantitative estimate of drug-likeness (QED) is 0.171. The van der Waals surface area contributed by atoms with Crippen molar-refractivity contribution in [2.24, 2.45) is 0 Å². The van der Waals surface area contributed by atoms with Crippen LogP contribution in [0.3, 0.4) is 0 Å². The molecule has 8 aromatic carbocycles. The van der Waals surface area contributed by atoms with Crippen LogP contribution in [-0.2, 0) is 5.41 Å². The summed E-state index contributed by atoms with van der Waals surface area (Å²) in [6.45, 7) is 2.36. The molecular weight excluding hydrogens is 693 g/mol. The van der Waals surface area contributed by atoms with Crippen molar-refractivity contribution in [3.05, 3.63) is 217 Å². The van der Waals surface area contributed by atoms with Crippen LogP contribution in [0.15, 0.2) is 205 Å². The first-order chi connectivity index (χ1) is 28.1. The first kappa shape index (κ1) is 33.0. The number of rotatable bonds is 6. The molecule has 0 amide bonds. The molecule has 10 aromatic rings. The monoisotopic (exact) mass is 728 g/mol. The molecular formula is C54H36N2O. The van der Waals surface area contributed by atoms with Crippen molar-refractivity contribution in [1.82, 2.24) is 9.97 Å². The van der Waals surface area contributed by atoms with Crippen LogP contribution in [0.2, 0.25) is 0 Å². The highest BCUT2D eigenvalue weighted by atomic mass is 16.3. The van der Waals surface area contributed by atoms with Crippen molar-refractivity contribution in [1.29, 1.82) is 0 Å². The number of fused-ring (bicyclic) bond motifs is 6. The van der Waals surface area contributed by atoms with Crippen LogP contribution in [0.4, 0.5) is 0 Å². The average molecular weight is 729 g/mol. The standard InChI is InChI=1S/C54H36N2O/c1-54(41-15-6-3-7-16-41)47-21-10-8-17-43(47)46-33-40(31-32-48(46)54)35-23-27-37(28-24-35)49-34-50(56-53(55-49)39-13-4-2-5-14-39)38-29-25-36(26-30-38)42-19-12-20-45-44-18-9-11-22-51(44)57-52(42)45/h2-34H,1H3. The summed E-state index contributed by atoms with van der Waals surface area (Å²) in [7, 11) is 0. The first-order valence-corrected chi connectivity index (χ1v) is 19.5. The van der Waals surface area contributed by atoms with Gasteiger partial charge in [0.25, 0.3) is 0 Å². The zero-order valence-corrected chi connectivity index (χ0v) is 31.4. The fourth-order valence-corrected chi connectivity index (χ4v) is 8.85. The van der Waals surface area contributed by atoms with Gasteiger partial charge in [-0.3, -0.25) is 0 Å². The summed E-state index contributed by atoms with van der Waals surface area (Å²) in [5.41, 5.74) is 17.5. The molecule has 0 bridgehead atoms. The van der Waals surface area contributed by atoms with Gasteiger partial charge in [0.1, 0.15) is 11.2 Å². The van der Waals surface area contributed by atoms with E-state index in [0.29, 0.717) is 5.82 Å². The minimum absolute atomic E-state index is 0.209. The van der Waals surface area contributed by atoms with Crippen molar-refractivity contribution >= 4 is 21.9 Å². The van der Waals surface area contributed by atoms with Crippen LogP contribution >= 0.6 is 0 Å². The van der Waals surface area contributed by atoms with Gasteiger partial charge in [-0.05, 0) is 69.6 Å². The van der Waals surface area contributed by atoms with Gasteiger partial charge < -0.3 is 4.42 Å². The van der Waals surface area contributed by atoms with Crippen molar-refractivity contribution in [2.75, 3.05) is 0 Å². The average Bonchev–Trinajstić information content (AvgIpc) is 3.80. The minimum Gasteiger partial charge on any atom is -0.455 e. The zero-order chi connectivity index (χ0) is 37.9. The molecule has 1 aliphatic carbocycles. The molecule has 0 radical (unpaired) electrons. The first-order valence-electron chi connectivity index (χ1n) is 19.5. The third-order valence-corrected chi connectivity index (χ3v) is 11.8. The topological polar surface area (TPSA) is 38.9 Å². The van der Waals surface area contributed by atoms with Crippen LogP contribution in [0, 0.1) is 0 Å². The van der Waals surface area contributed by atoms with Crippen LogP contribution in [-0.4, -0.2) is 9.97 Å². The number of nitrogens with zero attached hydrogens (tertiary/aromatic N) is 2. The van der Waals surface area contributed by atoms with Gasteiger partial charge in [-0.2, -0.15) is 0 Å². The summed E-state index contributed by atoms with van der Waals surface area (Å²) in [6.07, 6.45) is 0. The molecule has 57 heavy (non-hydrogen) atoms. The van der Waals surface area contributed by atoms with Gasteiger partial charge in [0.15, 0.2) is 5.82 Å². The van der Waals surface area contributed by atoms with Gasteiger partial charge in [0.05, 0.1) is 11.4 Å². The molecule has 2 heterocycles. The molecule has 0 fully saturated rings. The van der Waals surface area contributed by atoms with Crippen LogP contribution in [0.25, 0.3) is 89.2 Å². The highest BCUT2D eigenvalue weighted by Gasteiger charge is 2.40. The maximum atomic E-state index is 6.36. The Balaban J connectivity index is 0.952. The number of hydrogen-bond donors (Lipinski definition) is 0. The summed E-state index contributed by atoms with van der Waals surface area (Å²) in [5, 5.41) is 2.25. The van der Waals surface area contributed by atoms with E-state index in [0.717, 1.165) is 61.1 Å². The Hall–Kier alpha value is -7.36. The smallest absolute Gasteiger partial charge is 0.160 e. The summed E-state index contributed by atoms with van der Waals surface area (Å²) < 4.78 is 6.36. The summed E-state index contributed by atoms with van der Waals surface area (Å²) in [6, 6.07) is 71.0. The fraction of sp³-hybridized carbons (Fsp3) is 0.0370. The Kier molecular flexibility index (Phi) is 7.61. The van der Waals surface area contributed by atoms with E-state index < -0.39 is 0 Å². The molecule has 0 spiro atoms. The van der Waals surface area contributed by atoms with Crippen molar-refractivity contribution < 1.29 is 4.42 Å². The largest absolute Gasteiger partial charge is 0.455 e. The van der Waals surface area contributed by atoms with E-state index in [4.69, 9.17) is 14.4 Å². The van der Waals surface area contributed by atoms with E-state index in [9.17, 15) is 0 Å². The van der Waals surface area contributed by atoms with Gasteiger partial charge in [-0.25, -0.2) is 9.97 Å². The van der Waals surface area contributed by atoms with Crippen LogP contribution in [0.1, 0.15) is 23.6 Å². The summed E-state index contributed by atoms with van der Waals surface area (Å²) in [4.78, 5) is 10.2. The Bertz CT molecular complexity index is 3110. The lowest BCUT2D eigenvalue weighted by Gasteiger charge is -2.28. The Morgan fingerprint density at radius 1 is 0.386 bits per heavy atom. The van der Waals surface area contributed by atoms with Gasteiger partial charge in [-0.15, -0.1) is 0 Å². The highest BCUT2D eigenvalue weighted by molar-refractivity contribution is 6.09. The van der Waals surface area contributed by atoms with Crippen LogP contribution < -0.4 is 0 Å². The molecule has 0 saturated heterocycles. The number of benzene rings is 8. The van der Waals surface area contributed by atoms with E-state index in [1.807, 2.05) is 30.3 Å². The zero-order valence-electron chi connectivity index (χ0n) is 31.4. The Morgan fingerprint density at radius 2 is 0.947 bits per heavy atom. The van der Waals surface area contributed by atoms with Crippen molar-refractivity contribution in [3.63, 3.8) is 0 Å². The molecule has 1 unspecified atom stereocenters. The minimum atomic E-state index is -0.209. The second-order valence-corrected chi connectivity index (χ2v) is 15.1. The van der Waals surface area contributed by atoms with E-state index >= 15 is 0 Å². The summed E-state index contributed by atoms with van der Waals surface area (Å²) in [5.74, 6) is 0.696. The molecule has 11 rings (SSSR count). The van der Waals surface area contributed by atoms with Gasteiger partial charge in [-0.1, -0.05) is 182 Å². The molecule has 3 heteroatoms. The molecule has 1 aliphatic rings. The number of hydrogen-bond acceptors (Lipinski definition) is 3. The predicted molar refractivity (Wildman–Crippen MR) is 234 cm³/mol. The molecule has 0 saturated carbocycles. The third-order valence-electron chi connectivity index (χ3n) is 11.8. The highest BCUT2D eigenvalue weighted by Crippen LogP contribution is 2.53. The number of para-hydroxylation sites is 2. The Morgan fingerprint density at radius 3 is 1.70 bits per heavy atom. The number of aromatic nitrogens is 2. The van der Waals surface area contributed by atoms with Crippen molar-refractivity contribution in [3.8, 4) is 67.3 Å². The molecule has 1 atom stereocenters. The van der Waals surface area contributed by atoms with E-state index in [2.05, 4.69) is 177 Å². The maximum Gasteiger partial charge on any atom is 0.160 e. The van der Waals surface area contributed by atoms with E-state index in [1.54, 1.807) is 0 Å². The second kappa shape index (κ2) is 13.1. The molecule has 3 nitrogen and oxygen atoms in total. The van der Waals surface area contributed by atoms with Gasteiger partial charge in [0.2, 0.25) is 0 Å². The van der Waals surface area contributed by atoms with E-state index in [-0.39, 0.29) is 5.41 Å². The normalized spacial score (nSPS) is 14.5. The lowest BCUT2D eigenvalue weighted by molar-refractivity contribution is 0.670.